The summed E-state index contributed by atoms with van der Waals surface area (Å²) in [6.45, 7) is 0.600. The lowest BCUT2D eigenvalue weighted by atomic mass is 10.2. The first kappa shape index (κ1) is 13.1. The lowest BCUT2D eigenvalue weighted by Gasteiger charge is -2.05. The summed E-state index contributed by atoms with van der Waals surface area (Å²) in [6, 6.07) is 11.4. The number of pyridine rings is 1. The fraction of sp³-hybridized carbons (Fsp3) is 0.188. The summed E-state index contributed by atoms with van der Waals surface area (Å²) in [6.07, 6.45) is 4.03. The molecule has 1 aromatic carbocycles. The second-order valence-corrected chi connectivity index (χ2v) is 3.95. The van der Waals surface area contributed by atoms with E-state index in [1.165, 1.54) is 0 Å². The number of hydrogen-bond donors (Lipinski definition) is 1. The molecule has 0 spiro atoms. The maximum absolute atomic E-state index is 8.64. The van der Waals surface area contributed by atoms with E-state index >= 15 is 0 Å². The Bertz CT molecular complexity index is 553. The zero-order valence-electron chi connectivity index (χ0n) is 10.5. The number of benzene rings is 1. The number of aromatic nitrogens is 1. The van der Waals surface area contributed by atoms with Crippen molar-refractivity contribution in [3.63, 3.8) is 0 Å². The van der Waals surface area contributed by atoms with Crippen molar-refractivity contribution < 1.29 is 9.84 Å². The van der Waals surface area contributed by atoms with E-state index in [-0.39, 0.29) is 6.61 Å². The second kappa shape index (κ2) is 7.20. The molecule has 0 amide bonds. The average molecular weight is 253 g/mol. The zero-order chi connectivity index (χ0) is 13.3. The van der Waals surface area contributed by atoms with Crippen LogP contribution in [0.1, 0.15) is 17.5 Å². The lowest BCUT2D eigenvalue weighted by molar-refractivity contribution is 0.305. The van der Waals surface area contributed by atoms with Crippen molar-refractivity contribution in [1.29, 1.82) is 0 Å². The zero-order valence-corrected chi connectivity index (χ0v) is 10.5. The van der Waals surface area contributed by atoms with Crippen molar-refractivity contribution in [3.8, 4) is 17.6 Å². The molecule has 1 heterocycles. The van der Waals surface area contributed by atoms with E-state index in [1.54, 1.807) is 12.4 Å². The van der Waals surface area contributed by atoms with E-state index < -0.39 is 0 Å². The van der Waals surface area contributed by atoms with E-state index in [1.807, 2.05) is 36.4 Å². The fourth-order valence-electron chi connectivity index (χ4n) is 1.51. The van der Waals surface area contributed by atoms with Gasteiger partial charge < -0.3 is 9.84 Å². The van der Waals surface area contributed by atoms with Crippen molar-refractivity contribution in [3.05, 3.63) is 59.9 Å². The topological polar surface area (TPSA) is 42.4 Å². The molecule has 2 rings (SSSR count). The molecule has 0 atom stereocenters. The number of aliphatic hydroxyl groups is 1. The molecule has 0 aliphatic carbocycles. The summed E-state index contributed by atoms with van der Waals surface area (Å²) >= 11 is 0. The monoisotopic (exact) mass is 253 g/mol. The fourth-order valence-corrected chi connectivity index (χ4v) is 1.51. The summed E-state index contributed by atoms with van der Waals surface area (Å²) in [5, 5.41) is 8.64. The van der Waals surface area contributed by atoms with E-state index in [9.17, 15) is 0 Å². The number of hydrogen-bond acceptors (Lipinski definition) is 3. The van der Waals surface area contributed by atoms with E-state index in [0.29, 0.717) is 13.0 Å². The van der Waals surface area contributed by atoms with E-state index in [0.717, 1.165) is 16.9 Å². The molecule has 0 aliphatic heterocycles. The number of rotatable bonds is 4. The Balaban J connectivity index is 1.91. The Morgan fingerprint density at radius 1 is 1.16 bits per heavy atom. The Hall–Kier alpha value is -2.31. The SMILES string of the molecule is OCCC#Cc1ccc(OCc2cccnc2)cc1. The van der Waals surface area contributed by atoms with Crippen LogP contribution in [0.2, 0.25) is 0 Å². The van der Waals surface area contributed by atoms with Crippen molar-refractivity contribution in [1.82, 2.24) is 4.98 Å². The third kappa shape index (κ3) is 4.46. The van der Waals surface area contributed by atoms with Gasteiger partial charge in [-0.2, -0.15) is 0 Å². The van der Waals surface area contributed by atoms with Crippen LogP contribution in [0.3, 0.4) is 0 Å². The van der Waals surface area contributed by atoms with Crippen LogP contribution >= 0.6 is 0 Å². The van der Waals surface area contributed by atoms with Crippen LogP contribution in [-0.2, 0) is 6.61 Å². The summed E-state index contributed by atoms with van der Waals surface area (Å²) < 4.78 is 5.64. The molecular formula is C16H15NO2. The Labute approximate surface area is 112 Å². The van der Waals surface area contributed by atoms with Gasteiger partial charge in [0.05, 0.1) is 6.61 Å². The molecule has 19 heavy (non-hydrogen) atoms. The maximum atomic E-state index is 8.64. The van der Waals surface area contributed by atoms with Gasteiger partial charge in [0.25, 0.3) is 0 Å². The van der Waals surface area contributed by atoms with Gasteiger partial charge >= 0.3 is 0 Å². The first-order valence-electron chi connectivity index (χ1n) is 6.10. The largest absolute Gasteiger partial charge is 0.489 e. The van der Waals surface area contributed by atoms with Gasteiger partial charge in [0.15, 0.2) is 0 Å². The molecule has 1 aromatic heterocycles. The highest BCUT2D eigenvalue weighted by molar-refractivity contribution is 5.38. The van der Waals surface area contributed by atoms with Crippen LogP contribution in [0, 0.1) is 11.8 Å². The summed E-state index contributed by atoms with van der Waals surface area (Å²) in [7, 11) is 0. The molecule has 0 aliphatic rings. The molecule has 0 saturated carbocycles. The third-order valence-corrected chi connectivity index (χ3v) is 2.45. The van der Waals surface area contributed by atoms with Gasteiger partial charge in [-0.25, -0.2) is 0 Å². The number of ether oxygens (including phenoxy) is 1. The Kier molecular flexibility index (Phi) is 4.97. The van der Waals surface area contributed by atoms with Crippen molar-refractivity contribution in [2.75, 3.05) is 6.61 Å². The Morgan fingerprint density at radius 2 is 2.00 bits per heavy atom. The van der Waals surface area contributed by atoms with Crippen LogP contribution in [0.25, 0.3) is 0 Å². The molecular weight excluding hydrogens is 238 g/mol. The highest BCUT2D eigenvalue weighted by Crippen LogP contribution is 2.13. The predicted molar refractivity (Wildman–Crippen MR) is 73.6 cm³/mol. The molecule has 0 bridgehead atoms. The normalized spacial score (nSPS) is 9.53. The van der Waals surface area contributed by atoms with Gasteiger partial charge in [0.2, 0.25) is 0 Å². The molecule has 3 heteroatoms. The minimum absolute atomic E-state index is 0.0965. The van der Waals surface area contributed by atoms with Crippen LogP contribution in [-0.4, -0.2) is 16.7 Å². The van der Waals surface area contributed by atoms with Gasteiger partial charge in [-0.3, -0.25) is 4.98 Å². The molecule has 2 aromatic rings. The van der Waals surface area contributed by atoms with E-state index in [2.05, 4.69) is 16.8 Å². The van der Waals surface area contributed by atoms with Gasteiger partial charge in [0.1, 0.15) is 12.4 Å². The maximum Gasteiger partial charge on any atom is 0.119 e. The van der Waals surface area contributed by atoms with Gasteiger partial charge in [0, 0.05) is 29.9 Å². The molecule has 1 N–H and O–H groups in total. The highest BCUT2D eigenvalue weighted by atomic mass is 16.5. The standard InChI is InChI=1S/C16H15NO2/c18-11-2-1-4-14-6-8-16(9-7-14)19-13-15-5-3-10-17-12-15/h3,5-10,12,18H,2,11,13H2. The van der Waals surface area contributed by atoms with Crippen molar-refractivity contribution in [2.24, 2.45) is 0 Å². The highest BCUT2D eigenvalue weighted by Gasteiger charge is 1.95. The lowest BCUT2D eigenvalue weighted by Crippen LogP contribution is -1.95. The van der Waals surface area contributed by atoms with Crippen molar-refractivity contribution in [2.45, 2.75) is 13.0 Å². The van der Waals surface area contributed by atoms with Crippen LogP contribution in [0.15, 0.2) is 48.8 Å². The molecule has 0 fully saturated rings. The van der Waals surface area contributed by atoms with E-state index in [4.69, 9.17) is 9.84 Å². The predicted octanol–water partition coefficient (Wildman–Crippen LogP) is 2.39. The van der Waals surface area contributed by atoms with Crippen LogP contribution in [0.5, 0.6) is 5.75 Å². The summed E-state index contributed by atoms with van der Waals surface area (Å²) in [4.78, 5) is 4.03. The van der Waals surface area contributed by atoms with Gasteiger partial charge in [-0.05, 0) is 30.3 Å². The molecule has 0 radical (unpaired) electrons. The molecule has 96 valence electrons. The number of aliphatic hydroxyl groups excluding tert-OH is 1. The summed E-state index contributed by atoms with van der Waals surface area (Å²) in [5.41, 5.74) is 1.96. The minimum Gasteiger partial charge on any atom is -0.489 e. The second-order valence-electron chi connectivity index (χ2n) is 3.95. The molecule has 0 saturated heterocycles. The summed E-state index contributed by atoms with van der Waals surface area (Å²) in [5.74, 6) is 6.65. The van der Waals surface area contributed by atoms with Crippen LogP contribution in [0.4, 0.5) is 0 Å². The van der Waals surface area contributed by atoms with Gasteiger partial charge in [-0.15, -0.1) is 0 Å². The third-order valence-electron chi connectivity index (χ3n) is 2.45. The van der Waals surface area contributed by atoms with Gasteiger partial charge in [-0.1, -0.05) is 17.9 Å². The smallest absolute Gasteiger partial charge is 0.119 e. The molecule has 3 nitrogen and oxygen atoms in total. The number of nitrogens with zero attached hydrogens (tertiary/aromatic N) is 1. The minimum atomic E-state index is 0.0965. The van der Waals surface area contributed by atoms with Crippen LogP contribution < -0.4 is 4.74 Å². The quantitative estimate of drug-likeness (QED) is 0.851. The first-order chi connectivity index (χ1) is 9.38. The molecule has 0 unspecified atom stereocenters. The van der Waals surface area contributed by atoms with Crippen molar-refractivity contribution >= 4 is 0 Å². The first-order valence-corrected chi connectivity index (χ1v) is 6.10. The Morgan fingerprint density at radius 3 is 2.68 bits per heavy atom. The average Bonchev–Trinajstić information content (AvgIpc) is 2.48.